The van der Waals surface area contributed by atoms with E-state index in [1.165, 1.54) is 435 Å². The molecular weight excluding hydrogens is 1350 g/mol. The van der Waals surface area contributed by atoms with Gasteiger partial charge in [-0.25, -0.2) is 0 Å². The van der Waals surface area contributed by atoms with Gasteiger partial charge in [0.15, 0.2) is 0 Å². The van der Waals surface area contributed by atoms with E-state index >= 15 is 0 Å². The van der Waals surface area contributed by atoms with Gasteiger partial charge in [-0.05, 0) is 143 Å². The van der Waals surface area contributed by atoms with E-state index in [4.69, 9.17) is 27.1 Å². The molecule has 0 atom stereocenters. The molecule has 8 heteroatoms. The van der Waals surface area contributed by atoms with E-state index in [0.717, 1.165) is 76.1 Å². The van der Waals surface area contributed by atoms with Crippen molar-refractivity contribution < 1.29 is 27.1 Å². The normalized spacial score (nSPS) is 16.4. The molecule has 0 amide bonds. The minimum atomic E-state index is -1.66. The molecule has 0 unspecified atom stereocenters. The molecule has 107 heavy (non-hydrogen) atoms. The van der Waals surface area contributed by atoms with Gasteiger partial charge < -0.3 is 22.6 Å². The summed E-state index contributed by atoms with van der Waals surface area (Å²) in [6.45, 7) is 16.0. The second-order valence-electron chi connectivity index (χ2n) is 35.3. The van der Waals surface area contributed by atoms with Crippen molar-refractivity contribution in [3.05, 3.63) is 59.7 Å². The fourth-order valence-electron chi connectivity index (χ4n) is 17.6. The summed E-state index contributed by atoms with van der Waals surface area (Å²) in [6.07, 6.45) is 101. The van der Waals surface area contributed by atoms with Crippen molar-refractivity contribution in [1.82, 2.24) is 0 Å². The van der Waals surface area contributed by atoms with Gasteiger partial charge >= 0.3 is 17.2 Å². The molecule has 2 aliphatic rings. The van der Waals surface area contributed by atoms with Crippen molar-refractivity contribution in [3.63, 3.8) is 0 Å². The highest BCUT2D eigenvalue weighted by Crippen LogP contribution is 2.53. The summed E-state index contributed by atoms with van der Waals surface area (Å²) < 4.78 is 40.9. The summed E-state index contributed by atoms with van der Waals surface area (Å²) in [7, 11) is -2.98. The molecule has 2 aromatic carbocycles. The molecule has 6 nitrogen and oxygen atoms in total. The average molecular weight is 1530 g/mol. The predicted molar refractivity (Wildman–Crippen MR) is 473 cm³/mol. The Labute approximate surface area is 670 Å². The number of hydrogen-bond acceptors (Lipinski definition) is 6. The number of benzene rings is 2. The van der Waals surface area contributed by atoms with Crippen LogP contribution in [0.1, 0.15) is 515 Å². The predicted octanol–water partition coefficient (Wildman–Crippen LogP) is 35.9. The molecule has 0 saturated heterocycles. The highest BCUT2D eigenvalue weighted by atomic mass is 31.2. The van der Waals surface area contributed by atoms with Gasteiger partial charge in [0.2, 0.25) is 0 Å². The van der Waals surface area contributed by atoms with Crippen LogP contribution in [0.25, 0.3) is 0 Å². The molecule has 0 heterocycles. The Balaban J connectivity index is 1.23. The zero-order chi connectivity index (χ0) is 75.9. The van der Waals surface area contributed by atoms with Crippen LogP contribution < -0.4 is 9.05 Å². The standard InChI is InChI=1S/C99H182O6P2/c1-7-11-15-19-23-27-31-35-39-43-47-51-55-59-63-67-73-91-75-71-77-97(89-91)104-107(105-98-78-72-76-92(90-98)74-68-64-60-56-52-48-44-40-36-32-28-24-20-16-12-8-2)103-96-85-81-94(82-86-96)99(5,6)93-79-83-95(84-80-93)102-106(100-87-69-65-61-57-53-49-45-41-37-33-29-25-21-17-13-9-3)101-88-70-66-62-58-54-50-46-42-38-34-30-26-22-18-14-10-4/h71-72,75-78,89-90,93-96H,7-70,73-74,79-88H2,1-6H3. The van der Waals surface area contributed by atoms with Gasteiger partial charge in [0.25, 0.3) is 0 Å². The van der Waals surface area contributed by atoms with Gasteiger partial charge in [0, 0.05) is 0 Å². The first-order valence-corrected chi connectivity index (χ1v) is 50.8. The Morgan fingerprint density at radius 1 is 0.262 bits per heavy atom. The Kier molecular flexibility index (Phi) is 66.4. The smallest absolute Gasteiger partial charge is 0.418 e. The van der Waals surface area contributed by atoms with E-state index in [1.54, 1.807) is 0 Å². The molecule has 2 aromatic rings. The Hall–Kier alpha value is -1.26. The van der Waals surface area contributed by atoms with Crippen LogP contribution in [-0.4, -0.2) is 25.4 Å². The van der Waals surface area contributed by atoms with E-state index in [-0.39, 0.29) is 17.6 Å². The molecular formula is C99H182O6P2. The average Bonchev–Trinajstić information content (AvgIpc) is 0.808. The van der Waals surface area contributed by atoms with Crippen LogP contribution in [0, 0.1) is 17.3 Å². The third-order valence-electron chi connectivity index (χ3n) is 25.1. The lowest BCUT2D eigenvalue weighted by Crippen LogP contribution is -2.38. The second-order valence-corrected chi connectivity index (χ2v) is 37.5. The molecule has 0 radical (unpaired) electrons. The van der Waals surface area contributed by atoms with E-state index < -0.39 is 17.2 Å². The van der Waals surface area contributed by atoms with Gasteiger partial charge in [-0.15, -0.1) is 0 Å². The zero-order valence-electron chi connectivity index (χ0n) is 72.5. The molecule has 0 aromatic heterocycles. The molecule has 0 aliphatic heterocycles. The van der Waals surface area contributed by atoms with Crippen molar-refractivity contribution in [1.29, 1.82) is 0 Å². The number of rotatable bonds is 80. The summed E-state index contributed by atoms with van der Waals surface area (Å²) in [5.74, 6) is 3.11. The molecule has 2 fully saturated rings. The van der Waals surface area contributed by atoms with Crippen molar-refractivity contribution in [2.75, 3.05) is 13.2 Å². The molecule has 2 aliphatic carbocycles. The summed E-state index contributed by atoms with van der Waals surface area (Å²) in [4.78, 5) is 0. The molecule has 2 saturated carbocycles. The van der Waals surface area contributed by atoms with Crippen molar-refractivity contribution in [2.45, 2.75) is 529 Å². The first-order valence-electron chi connectivity index (χ1n) is 48.6. The summed E-state index contributed by atoms with van der Waals surface area (Å²) in [5, 5.41) is 0. The van der Waals surface area contributed by atoms with Crippen LogP contribution in [-0.2, 0) is 30.9 Å². The molecule has 624 valence electrons. The highest BCUT2D eigenvalue weighted by molar-refractivity contribution is 7.42. The molecule has 0 spiro atoms. The Morgan fingerprint density at radius 2 is 0.477 bits per heavy atom. The van der Waals surface area contributed by atoms with Gasteiger partial charge in [-0.1, -0.05) is 451 Å². The summed E-state index contributed by atoms with van der Waals surface area (Å²) in [5.41, 5.74) is 2.97. The first kappa shape index (κ1) is 98.1. The van der Waals surface area contributed by atoms with E-state index in [2.05, 4.69) is 90.1 Å². The van der Waals surface area contributed by atoms with Crippen molar-refractivity contribution >= 4 is 17.2 Å². The molecule has 4 rings (SSSR count). The lowest BCUT2D eigenvalue weighted by atomic mass is 9.60. The van der Waals surface area contributed by atoms with Crippen LogP contribution in [0.15, 0.2) is 48.5 Å². The third-order valence-corrected chi connectivity index (χ3v) is 27.6. The fraction of sp³-hybridized carbons (Fsp3) is 0.879. The van der Waals surface area contributed by atoms with Crippen LogP contribution in [0.2, 0.25) is 0 Å². The van der Waals surface area contributed by atoms with Gasteiger partial charge in [-0.3, -0.25) is 4.52 Å². The fourth-order valence-corrected chi connectivity index (χ4v) is 19.9. The van der Waals surface area contributed by atoms with Crippen LogP contribution in [0.5, 0.6) is 11.5 Å². The maximum absolute atomic E-state index is 7.08. The quantitative estimate of drug-likeness (QED) is 0.0486. The maximum atomic E-state index is 7.08. The SMILES string of the molecule is CCCCCCCCCCCCCCCCCCOP(OCCCCCCCCCCCCCCCCCC)OC1CCC(C(C)(C)C2CCC(OP(Oc3cccc(CCCCCCCCCCCCCCCCCC)c3)Oc3cccc(CCCCCCCCCCCCCCCCCC)c3)CC2)CC1. The lowest BCUT2D eigenvalue weighted by molar-refractivity contribution is 0.00530. The maximum Gasteiger partial charge on any atom is 0.463 e. The first-order chi connectivity index (χ1) is 52.8. The van der Waals surface area contributed by atoms with Gasteiger partial charge in [0.05, 0.1) is 25.4 Å². The van der Waals surface area contributed by atoms with Crippen LogP contribution >= 0.6 is 17.2 Å². The Morgan fingerprint density at radius 3 is 0.720 bits per heavy atom. The van der Waals surface area contributed by atoms with Gasteiger partial charge in [0.1, 0.15) is 11.5 Å². The summed E-state index contributed by atoms with van der Waals surface area (Å²) in [6, 6.07) is 17.7. The summed E-state index contributed by atoms with van der Waals surface area (Å²) >= 11 is 0. The highest BCUT2D eigenvalue weighted by Gasteiger charge is 2.42. The number of hydrogen-bond donors (Lipinski definition) is 0. The Bertz CT molecular complexity index is 2040. The van der Waals surface area contributed by atoms with Gasteiger partial charge in [-0.2, -0.15) is 0 Å². The molecule has 0 bridgehead atoms. The zero-order valence-corrected chi connectivity index (χ0v) is 74.3. The van der Waals surface area contributed by atoms with Crippen molar-refractivity contribution in [2.24, 2.45) is 17.3 Å². The monoisotopic (exact) mass is 1530 g/mol. The number of unbranched alkanes of at least 4 members (excludes halogenated alkanes) is 60. The van der Waals surface area contributed by atoms with E-state index in [1.807, 2.05) is 0 Å². The van der Waals surface area contributed by atoms with Crippen LogP contribution in [0.4, 0.5) is 0 Å². The van der Waals surface area contributed by atoms with E-state index in [0.29, 0.717) is 11.8 Å². The largest absolute Gasteiger partial charge is 0.463 e. The topological polar surface area (TPSA) is 55.4 Å². The van der Waals surface area contributed by atoms with Crippen molar-refractivity contribution in [3.8, 4) is 11.5 Å². The van der Waals surface area contributed by atoms with Crippen LogP contribution in [0.3, 0.4) is 0 Å². The lowest BCUT2D eigenvalue weighted by Gasteiger charge is -2.46. The van der Waals surface area contributed by atoms with E-state index in [9.17, 15) is 0 Å². The second kappa shape index (κ2) is 72.4. The third kappa shape index (κ3) is 55.8. The molecule has 0 N–H and O–H groups in total. The minimum absolute atomic E-state index is 0.122. The number of aryl methyl sites for hydroxylation is 2. The minimum Gasteiger partial charge on any atom is -0.418 e.